The van der Waals surface area contributed by atoms with Crippen molar-refractivity contribution >= 4 is 23.4 Å². The van der Waals surface area contributed by atoms with Crippen molar-refractivity contribution in [2.24, 2.45) is 0 Å². The Morgan fingerprint density at radius 2 is 1.41 bits per heavy atom. The normalized spacial score (nSPS) is 24.8. The first-order valence-electron chi connectivity index (χ1n) is 17.2. The van der Waals surface area contributed by atoms with Crippen LogP contribution in [0.4, 0.5) is 0 Å². The van der Waals surface area contributed by atoms with E-state index < -0.39 is 0 Å². The van der Waals surface area contributed by atoms with E-state index in [1.807, 2.05) is 17.8 Å². The van der Waals surface area contributed by atoms with Gasteiger partial charge >= 0.3 is 0 Å². The molecule has 1 unspecified atom stereocenters. The average molecular weight is 647 g/mol. The lowest BCUT2D eigenvalue weighted by Gasteiger charge is -2.46. The molecule has 2 heterocycles. The topological polar surface area (TPSA) is 46.2 Å². The molecule has 0 bridgehead atoms. The molecule has 0 amide bonds. The van der Waals surface area contributed by atoms with Crippen LogP contribution in [0, 0.1) is 0 Å². The molecule has 44 heavy (non-hydrogen) atoms. The number of rotatable bonds is 20. The Hall–Kier alpha value is -1.28. The van der Waals surface area contributed by atoms with E-state index in [-0.39, 0.29) is 34.9 Å². The Morgan fingerprint density at radius 3 is 2.09 bits per heavy atom. The van der Waals surface area contributed by atoms with E-state index >= 15 is 0 Å². The second kappa shape index (κ2) is 19.4. The average Bonchev–Trinajstić information content (AvgIpc) is 3.44. The van der Waals surface area contributed by atoms with Gasteiger partial charge in [-0.25, -0.2) is 0 Å². The van der Waals surface area contributed by atoms with E-state index in [1.165, 1.54) is 11.1 Å². The molecule has 1 saturated heterocycles. The number of benzene rings is 2. The van der Waals surface area contributed by atoms with Crippen molar-refractivity contribution in [2.45, 2.75) is 127 Å². The highest BCUT2D eigenvalue weighted by atomic mass is 35.5. The highest BCUT2D eigenvalue weighted by Gasteiger charge is 2.48. The molecule has 7 heteroatoms. The van der Waals surface area contributed by atoms with E-state index in [4.69, 9.17) is 35.3 Å². The summed E-state index contributed by atoms with van der Waals surface area (Å²) in [6.07, 6.45) is 9.88. The minimum Gasteiger partial charge on any atom is -0.489 e. The van der Waals surface area contributed by atoms with Gasteiger partial charge in [0.1, 0.15) is 30.2 Å². The van der Waals surface area contributed by atoms with Crippen molar-refractivity contribution < 1.29 is 23.7 Å². The maximum absolute atomic E-state index is 6.84. The third-order valence-corrected chi connectivity index (χ3v) is 10.5. The van der Waals surface area contributed by atoms with Crippen LogP contribution in [0.3, 0.4) is 0 Å². The third kappa shape index (κ3) is 10.1. The van der Waals surface area contributed by atoms with Crippen LogP contribution >= 0.6 is 23.4 Å². The maximum atomic E-state index is 6.84. The van der Waals surface area contributed by atoms with Crippen LogP contribution in [-0.4, -0.2) is 62.7 Å². The van der Waals surface area contributed by atoms with Gasteiger partial charge in [-0.1, -0.05) is 95.3 Å². The fourth-order valence-electron chi connectivity index (χ4n) is 5.97. The Kier molecular flexibility index (Phi) is 15.7. The van der Waals surface area contributed by atoms with Gasteiger partial charge in [0.2, 0.25) is 0 Å². The minimum atomic E-state index is -0.173. The monoisotopic (exact) mass is 646 g/mol. The van der Waals surface area contributed by atoms with E-state index in [1.54, 1.807) is 0 Å². The van der Waals surface area contributed by atoms with Crippen LogP contribution in [0.25, 0.3) is 0 Å². The molecule has 0 N–H and O–H groups in total. The zero-order chi connectivity index (χ0) is 31.1. The van der Waals surface area contributed by atoms with Crippen LogP contribution < -0.4 is 4.74 Å². The van der Waals surface area contributed by atoms with Gasteiger partial charge < -0.3 is 23.7 Å². The lowest BCUT2D eigenvalue weighted by molar-refractivity contribution is -0.149. The number of hydrogen-bond donors (Lipinski definition) is 0. The first-order valence-corrected chi connectivity index (χ1v) is 18.5. The SMILES string of the molecule is CCCCOC[C@H]1S[C@@H](c2ccc(Cl)c(CC3Cc4ccccc4O3)c2)[C@H](OCCCC)[C@@H](OCCCC)[C@@H]1OCCCC. The summed E-state index contributed by atoms with van der Waals surface area (Å²) in [7, 11) is 0. The van der Waals surface area contributed by atoms with Crippen LogP contribution in [0.5, 0.6) is 5.75 Å². The van der Waals surface area contributed by atoms with Crippen molar-refractivity contribution in [1.82, 2.24) is 0 Å². The Labute approximate surface area is 276 Å². The summed E-state index contributed by atoms with van der Waals surface area (Å²) in [4.78, 5) is 0. The predicted octanol–water partition coefficient (Wildman–Crippen LogP) is 9.42. The van der Waals surface area contributed by atoms with Gasteiger partial charge in [0.15, 0.2) is 0 Å². The van der Waals surface area contributed by atoms with Crippen molar-refractivity contribution in [3.63, 3.8) is 0 Å². The molecule has 0 saturated carbocycles. The van der Waals surface area contributed by atoms with Crippen molar-refractivity contribution in [3.8, 4) is 5.75 Å². The van der Waals surface area contributed by atoms with Crippen molar-refractivity contribution in [1.29, 1.82) is 0 Å². The molecule has 2 aromatic rings. The molecule has 0 aromatic heterocycles. The molecule has 2 aliphatic heterocycles. The van der Waals surface area contributed by atoms with Crippen molar-refractivity contribution in [3.05, 3.63) is 64.2 Å². The molecule has 4 rings (SSSR count). The number of unbranched alkanes of at least 4 members (excludes halogenated alkanes) is 4. The predicted molar refractivity (Wildman–Crippen MR) is 184 cm³/mol. The number of fused-ring (bicyclic) bond motifs is 1. The summed E-state index contributed by atoms with van der Waals surface area (Å²) in [5.41, 5.74) is 3.61. The number of para-hydroxylation sites is 1. The Balaban J connectivity index is 1.63. The molecule has 6 atom stereocenters. The summed E-state index contributed by atoms with van der Waals surface area (Å²) < 4.78 is 32.8. The summed E-state index contributed by atoms with van der Waals surface area (Å²) in [5.74, 6) is 0.990. The second-order valence-electron chi connectivity index (χ2n) is 12.2. The molecule has 0 spiro atoms. The molecular weight excluding hydrogens is 592 g/mol. The minimum absolute atomic E-state index is 0.0713. The van der Waals surface area contributed by atoms with E-state index in [0.29, 0.717) is 19.8 Å². The first-order chi connectivity index (χ1) is 21.6. The van der Waals surface area contributed by atoms with E-state index in [0.717, 1.165) is 93.8 Å². The first kappa shape index (κ1) is 35.6. The standard InChI is InChI=1S/C37H55ClO5S/c1-5-9-19-39-26-33-34(40-20-10-6-2)35(41-21-11-7-3)36(42-22-12-8-4)37(44-33)28-17-18-31(38)29(23-28)25-30-24-27-15-13-14-16-32(27)43-30/h13-18,23,30,33-37H,5-12,19-22,24-26H2,1-4H3/t30?,33-,34-,35+,36-,37+/m1/s1. The van der Waals surface area contributed by atoms with Crippen LogP contribution in [0.15, 0.2) is 42.5 Å². The zero-order valence-electron chi connectivity index (χ0n) is 27.4. The Morgan fingerprint density at radius 1 is 0.773 bits per heavy atom. The quantitative estimate of drug-likeness (QED) is 0.134. The maximum Gasteiger partial charge on any atom is 0.123 e. The van der Waals surface area contributed by atoms with E-state index in [2.05, 4.69) is 64.1 Å². The second-order valence-corrected chi connectivity index (χ2v) is 14.0. The van der Waals surface area contributed by atoms with Gasteiger partial charge in [0.05, 0.1) is 17.1 Å². The molecule has 246 valence electrons. The smallest absolute Gasteiger partial charge is 0.123 e. The lowest BCUT2D eigenvalue weighted by atomic mass is 9.94. The molecular formula is C37H55ClO5S. The van der Waals surface area contributed by atoms with E-state index in [9.17, 15) is 0 Å². The van der Waals surface area contributed by atoms with Crippen LogP contribution in [0.2, 0.25) is 5.02 Å². The largest absolute Gasteiger partial charge is 0.489 e. The summed E-state index contributed by atoms with van der Waals surface area (Å²) in [6, 6.07) is 14.9. The van der Waals surface area contributed by atoms with Crippen LogP contribution in [0.1, 0.15) is 101 Å². The van der Waals surface area contributed by atoms with Gasteiger partial charge in [-0.15, -0.1) is 11.8 Å². The fourth-order valence-corrected chi connectivity index (χ4v) is 7.80. The molecule has 0 radical (unpaired) electrons. The Bertz CT molecular complexity index is 1070. The molecule has 1 fully saturated rings. The van der Waals surface area contributed by atoms with Gasteiger partial charge in [0.25, 0.3) is 0 Å². The number of halogens is 1. The summed E-state index contributed by atoms with van der Waals surface area (Å²) in [6.45, 7) is 12.4. The number of ether oxygens (including phenoxy) is 5. The molecule has 0 aliphatic carbocycles. The lowest BCUT2D eigenvalue weighted by Crippen LogP contribution is -2.55. The van der Waals surface area contributed by atoms with Gasteiger partial charge in [-0.3, -0.25) is 0 Å². The third-order valence-electron chi connectivity index (χ3n) is 8.54. The summed E-state index contributed by atoms with van der Waals surface area (Å²) in [5, 5.41) is 0.994. The van der Waals surface area contributed by atoms with Gasteiger partial charge in [-0.05, 0) is 54.5 Å². The van der Waals surface area contributed by atoms with Crippen molar-refractivity contribution in [2.75, 3.05) is 33.0 Å². The highest BCUT2D eigenvalue weighted by Crippen LogP contribution is 2.47. The van der Waals surface area contributed by atoms with Gasteiger partial charge in [0, 0.05) is 44.3 Å². The van der Waals surface area contributed by atoms with Crippen LogP contribution in [-0.2, 0) is 31.8 Å². The highest BCUT2D eigenvalue weighted by molar-refractivity contribution is 8.00. The number of hydrogen-bond acceptors (Lipinski definition) is 6. The number of thioether (sulfide) groups is 1. The fraction of sp³-hybridized carbons (Fsp3) is 0.676. The zero-order valence-corrected chi connectivity index (χ0v) is 29.0. The van der Waals surface area contributed by atoms with Gasteiger partial charge in [-0.2, -0.15) is 0 Å². The summed E-state index contributed by atoms with van der Waals surface area (Å²) >= 11 is 8.78. The molecule has 2 aliphatic rings. The molecule has 2 aromatic carbocycles. The molecule has 5 nitrogen and oxygen atoms in total.